The van der Waals surface area contributed by atoms with E-state index in [0.29, 0.717) is 33.8 Å². The Balaban J connectivity index is 1.50. The number of benzene rings is 1. The number of thioether (sulfide) groups is 1. The van der Waals surface area contributed by atoms with Gasteiger partial charge >= 0.3 is 0 Å². The van der Waals surface area contributed by atoms with E-state index >= 15 is 0 Å². The van der Waals surface area contributed by atoms with E-state index in [9.17, 15) is 9.59 Å². The summed E-state index contributed by atoms with van der Waals surface area (Å²) in [5.41, 5.74) is 1.42. The lowest BCUT2D eigenvalue weighted by molar-refractivity contribution is -0.115. The third-order valence-corrected chi connectivity index (χ3v) is 6.43. The number of thiazole rings is 1. The molecule has 0 saturated heterocycles. The lowest BCUT2D eigenvalue weighted by Gasteiger charge is -2.10. The quantitative estimate of drug-likeness (QED) is 0.496. The molecule has 0 aliphatic rings. The lowest BCUT2D eigenvalue weighted by atomic mass is 10.2. The van der Waals surface area contributed by atoms with Gasteiger partial charge in [-0.1, -0.05) is 23.4 Å². The molecule has 0 saturated carbocycles. The highest BCUT2D eigenvalue weighted by atomic mass is 35.5. The number of hydrogen-bond acceptors (Lipinski definition) is 7. The average molecular weight is 465 g/mol. The molecule has 0 aliphatic carbocycles. The first-order chi connectivity index (χ1) is 14.3. The number of anilines is 1. The maximum atomic E-state index is 12.4. The number of carbonyl (C=O) groups is 2. The van der Waals surface area contributed by atoms with E-state index in [1.807, 2.05) is 23.9 Å². The summed E-state index contributed by atoms with van der Waals surface area (Å²) in [4.78, 5) is 28.8. The van der Waals surface area contributed by atoms with Crippen molar-refractivity contribution < 1.29 is 9.59 Å². The molecule has 2 N–H and O–H groups in total. The number of aromatic nitrogens is 4. The van der Waals surface area contributed by atoms with Crippen molar-refractivity contribution in [2.24, 2.45) is 7.05 Å². The van der Waals surface area contributed by atoms with E-state index in [0.717, 1.165) is 11.5 Å². The molecule has 0 radical (unpaired) electrons. The van der Waals surface area contributed by atoms with Crippen molar-refractivity contribution in [1.82, 2.24) is 25.1 Å². The summed E-state index contributed by atoms with van der Waals surface area (Å²) >= 11 is 8.55. The van der Waals surface area contributed by atoms with Crippen molar-refractivity contribution in [3.05, 3.63) is 51.7 Å². The first-order valence-electron chi connectivity index (χ1n) is 9.15. The third-order valence-electron chi connectivity index (χ3n) is 4.17. The van der Waals surface area contributed by atoms with Gasteiger partial charge in [0.1, 0.15) is 5.82 Å². The van der Waals surface area contributed by atoms with Crippen LogP contribution in [0.3, 0.4) is 0 Å². The number of nitrogens with one attached hydrogen (secondary N) is 2. The van der Waals surface area contributed by atoms with Crippen LogP contribution in [-0.2, 0) is 18.3 Å². The molecule has 8 nitrogen and oxygen atoms in total. The molecule has 3 rings (SSSR count). The summed E-state index contributed by atoms with van der Waals surface area (Å²) < 4.78 is 1.83. The maximum absolute atomic E-state index is 12.4. The third kappa shape index (κ3) is 5.80. The normalized spacial score (nSPS) is 11.9. The van der Waals surface area contributed by atoms with Crippen molar-refractivity contribution in [2.75, 3.05) is 11.9 Å². The van der Waals surface area contributed by atoms with Gasteiger partial charge in [0, 0.05) is 36.0 Å². The van der Waals surface area contributed by atoms with E-state index in [1.54, 1.807) is 31.2 Å². The van der Waals surface area contributed by atoms with Gasteiger partial charge in [-0.25, -0.2) is 4.98 Å². The number of carbonyl (C=O) groups excluding carboxylic acids is 2. The molecule has 2 heterocycles. The number of rotatable bonds is 8. The number of halogens is 1. The lowest BCUT2D eigenvalue weighted by Crippen LogP contribution is -2.26. The Morgan fingerprint density at radius 1 is 1.27 bits per heavy atom. The second kappa shape index (κ2) is 10.1. The molecule has 0 unspecified atom stereocenters. The van der Waals surface area contributed by atoms with Gasteiger partial charge in [0.25, 0.3) is 5.91 Å². The molecule has 158 valence electrons. The molecule has 11 heteroatoms. The fourth-order valence-corrected chi connectivity index (χ4v) is 4.14. The summed E-state index contributed by atoms with van der Waals surface area (Å²) in [5, 5.41) is 17.3. The molecule has 0 fully saturated rings. The zero-order valence-electron chi connectivity index (χ0n) is 16.7. The Bertz CT molecular complexity index is 1030. The number of nitrogens with zero attached hydrogens (tertiary/aromatic N) is 4. The number of hydrogen-bond donors (Lipinski definition) is 2. The largest absolute Gasteiger partial charge is 0.352 e. The van der Waals surface area contributed by atoms with Crippen LogP contribution in [0.25, 0.3) is 0 Å². The van der Waals surface area contributed by atoms with Crippen LogP contribution in [0.1, 0.15) is 28.8 Å². The van der Waals surface area contributed by atoms with E-state index in [1.165, 1.54) is 23.1 Å². The Hall–Kier alpha value is -2.43. The average Bonchev–Trinajstić information content (AvgIpc) is 3.28. The van der Waals surface area contributed by atoms with Crippen LogP contribution >= 0.6 is 34.7 Å². The summed E-state index contributed by atoms with van der Waals surface area (Å²) in [6, 6.07) is 6.70. The van der Waals surface area contributed by atoms with Crippen LogP contribution in [0, 0.1) is 6.92 Å². The molecule has 1 aromatic carbocycles. The fourth-order valence-electron chi connectivity index (χ4n) is 2.49. The minimum Gasteiger partial charge on any atom is -0.352 e. The molecular formula is C19H21ClN6O2S2. The molecule has 30 heavy (non-hydrogen) atoms. The molecule has 3 aromatic rings. The highest BCUT2D eigenvalue weighted by molar-refractivity contribution is 8.00. The number of aryl methyl sites for hydroxylation is 1. The van der Waals surface area contributed by atoms with Crippen molar-refractivity contribution in [2.45, 2.75) is 30.7 Å². The molecule has 0 aliphatic heterocycles. The van der Waals surface area contributed by atoms with Crippen molar-refractivity contribution in [3.63, 3.8) is 0 Å². The molecule has 0 spiro atoms. The monoisotopic (exact) mass is 464 g/mol. The molecule has 2 aromatic heterocycles. The SMILES string of the molecule is Cc1csc(NC(=O)[C@H](C)Sc2nnc(CCNC(=O)c3ccc(Cl)cc3)n2C)n1. The zero-order chi connectivity index (χ0) is 21.7. The minimum atomic E-state index is -0.366. The van der Waals surface area contributed by atoms with Crippen molar-refractivity contribution >= 4 is 51.6 Å². The molecule has 0 bridgehead atoms. The molecular weight excluding hydrogens is 444 g/mol. The predicted molar refractivity (Wildman–Crippen MR) is 119 cm³/mol. The highest BCUT2D eigenvalue weighted by Crippen LogP contribution is 2.23. The van der Waals surface area contributed by atoms with E-state index in [2.05, 4.69) is 25.8 Å². The van der Waals surface area contributed by atoms with Gasteiger partial charge in [-0.15, -0.1) is 21.5 Å². The van der Waals surface area contributed by atoms with E-state index in [-0.39, 0.29) is 17.1 Å². The summed E-state index contributed by atoms with van der Waals surface area (Å²) in [6.07, 6.45) is 0.516. The first kappa shape index (κ1) is 22.3. The summed E-state index contributed by atoms with van der Waals surface area (Å²) in [6.45, 7) is 4.10. The van der Waals surface area contributed by atoms with Gasteiger partial charge in [-0.3, -0.25) is 9.59 Å². The van der Waals surface area contributed by atoms with Gasteiger partial charge in [-0.05, 0) is 38.1 Å². The van der Waals surface area contributed by atoms with Gasteiger partial charge in [0.15, 0.2) is 10.3 Å². The highest BCUT2D eigenvalue weighted by Gasteiger charge is 2.20. The topological polar surface area (TPSA) is 102 Å². The zero-order valence-corrected chi connectivity index (χ0v) is 19.1. The van der Waals surface area contributed by atoms with Crippen molar-refractivity contribution in [1.29, 1.82) is 0 Å². The summed E-state index contributed by atoms with van der Waals surface area (Å²) in [7, 11) is 1.84. The summed E-state index contributed by atoms with van der Waals surface area (Å²) in [5.74, 6) is 0.400. The van der Waals surface area contributed by atoms with E-state index in [4.69, 9.17) is 11.6 Å². The Morgan fingerprint density at radius 3 is 2.67 bits per heavy atom. The standard InChI is InChI=1S/C19H21ClN6O2S2/c1-11-10-29-18(22-11)23-16(27)12(2)30-19-25-24-15(26(19)3)8-9-21-17(28)13-4-6-14(20)7-5-13/h4-7,10,12H,8-9H2,1-3H3,(H,21,28)(H,22,23,27)/t12-/m0/s1. The van der Waals surface area contributed by atoms with Crippen LogP contribution in [0.15, 0.2) is 34.8 Å². The van der Waals surface area contributed by atoms with Gasteiger partial charge in [0.05, 0.1) is 10.9 Å². The second-order valence-electron chi connectivity index (χ2n) is 6.51. The first-order valence-corrected chi connectivity index (χ1v) is 11.3. The van der Waals surface area contributed by atoms with Gasteiger partial charge in [-0.2, -0.15) is 0 Å². The fraction of sp³-hybridized carbons (Fsp3) is 0.316. The van der Waals surface area contributed by atoms with Crippen LogP contribution < -0.4 is 10.6 Å². The number of amides is 2. The molecule has 1 atom stereocenters. The van der Waals surface area contributed by atoms with Gasteiger partial charge < -0.3 is 15.2 Å². The Morgan fingerprint density at radius 2 is 2.00 bits per heavy atom. The predicted octanol–water partition coefficient (Wildman–Crippen LogP) is 3.33. The van der Waals surface area contributed by atoms with Crippen LogP contribution in [0.2, 0.25) is 5.02 Å². The Kier molecular flexibility index (Phi) is 7.46. The molecule has 2 amide bonds. The minimum absolute atomic E-state index is 0.144. The Labute approximate surface area is 187 Å². The van der Waals surface area contributed by atoms with Crippen LogP contribution in [0.5, 0.6) is 0 Å². The maximum Gasteiger partial charge on any atom is 0.251 e. The van der Waals surface area contributed by atoms with Crippen LogP contribution in [-0.4, -0.2) is 43.4 Å². The second-order valence-corrected chi connectivity index (χ2v) is 9.12. The van der Waals surface area contributed by atoms with Crippen molar-refractivity contribution in [3.8, 4) is 0 Å². The van der Waals surface area contributed by atoms with Crippen LogP contribution in [0.4, 0.5) is 5.13 Å². The smallest absolute Gasteiger partial charge is 0.251 e. The van der Waals surface area contributed by atoms with Gasteiger partial charge in [0.2, 0.25) is 5.91 Å². The van der Waals surface area contributed by atoms with E-state index < -0.39 is 0 Å².